The lowest BCUT2D eigenvalue weighted by atomic mass is 10.2. The molecule has 0 fully saturated rings. The molecule has 0 radical (unpaired) electrons. The van der Waals surface area contributed by atoms with Crippen molar-refractivity contribution in [3.05, 3.63) is 54.6 Å². The van der Waals surface area contributed by atoms with Gasteiger partial charge >= 0.3 is 6.16 Å². The third-order valence-corrected chi connectivity index (χ3v) is 4.61. The zero-order chi connectivity index (χ0) is 24.1. The highest BCUT2D eigenvalue weighted by atomic mass is 16.8. The Labute approximate surface area is 196 Å². The summed E-state index contributed by atoms with van der Waals surface area (Å²) in [6, 6.07) is 9.92. The molecule has 178 valence electrons. The first kappa shape index (κ1) is 23.2. The molecule has 0 spiro atoms. The zero-order valence-electron chi connectivity index (χ0n) is 19.5. The Morgan fingerprint density at radius 3 is 2.59 bits per heavy atom. The van der Waals surface area contributed by atoms with E-state index in [1.165, 1.54) is 11.1 Å². The first-order valence-corrected chi connectivity index (χ1v) is 10.7. The van der Waals surface area contributed by atoms with Crippen molar-refractivity contribution in [2.75, 3.05) is 20.3 Å². The highest BCUT2D eigenvalue weighted by Crippen LogP contribution is 2.33. The maximum absolute atomic E-state index is 12.3. The minimum Gasteiger partial charge on any atom is -0.475 e. The number of fused-ring (bicyclic) bond motifs is 1. The van der Waals surface area contributed by atoms with Crippen molar-refractivity contribution in [2.45, 2.75) is 32.9 Å². The van der Waals surface area contributed by atoms with Crippen LogP contribution in [0.15, 0.2) is 49.1 Å². The van der Waals surface area contributed by atoms with Crippen LogP contribution in [0, 0.1) is 0 Å². The van der Waals surface area contributed by atoms with Crippen LogP contribution in [0.2, 0.25) is 0 Å². The normalized spacial score (nSPS) is 11.5. The van der Waals surface area contributed by atoms with Crippen molar-refractivity contribution < 1.29 is 23.8 Å². The largest absolute Gasteiger partial charge is 0.534 e. The van der Waals surface area contributed by atoms with Gasteiger partial charge in [-0.2, -0.15) is 4.73 Å². The Balaban J connectivity index is 1.72. The van der Waals surface area contributed by atoms with Crippen molar-refractivity contribution in [1.29, 1.82) is 0 Å². The number of ether oxygens (including phenoxy) is 3. The van der Waals surface area contributed by atoms with Crippen LogP contribution in [-0.4, -0.2) is 61.8 Å². The van der Waals surface area contributed by atoms with Gasteiger partial charge in [0, 0.05) is 12.7 Å². The number of hydrogen-bond donors (Lipinski definition) is 0. The first-order chi connectivity index (χ1) is 16.3. The van der Waals surface area contributed by atoms with Gasteiger partial charge < -0.3 is 14.2 Å². The van der Waals surface area contributed by atoms with E-state index in [9.17, 15) is 4.79 Å². The van der Waals surface area contributed by atoms with Crippen molar-refractivity contribution in [1.82, 2.24) is 29.7 Å². The van der Waals surface area contributed by atoms with E-state index < -0.39 is 11.8 Å². The summed E-state index contributed by atoms with van der Waals surface area (Å²) in [5.74, 6) is 0.307. The Morgan fingerprint density at radius 2 is 1.85 bits per heavy atom. The molecule has 0 aliphatic rings. The van der Waals surface area contributed by atoms with Crippen LogP contribution in [0.3, 0.4) is 0 Å². The molecule has 4 rings (SSSR count). The highest BCUT2D eigenvalue weighted by molar-refractivity contribution is 5.96. The molecule has 1 aromatic carbocycles. The lowest BCUT2D eigenvalue weighted by Gasteiger charge is -2.18. The number of rotatable bonds is 8. The van der Waals surface area contributed by atoms with Gasteiger partial charge in [-0.25, -0.2) is 19.4 Å². The number of methoxy groups -OCH3 is 1. The summed E-state index contributed by atoms with van der Waals surface area (Å²) in [5.41, 5.74) is 1.82. The van der Waals surface area contributed by atoms with Crippen LogP contribution in [0.4, 0.5) is 4.79 Å². The summed E-state index contributed by atoms with van der Waals surface area (Å²) in [5, 5.41) is 9.08. The second-order valence-corrected chi connectivity index (χ2v) is 8.43. The predicted molar refractivity (Wildman–Crippen MR) is 122 cm³/mol. The molecule has 11 nitrogen and oxygen atoms in total. The van der Waals surface area contributed by atoms with Crippen LogP contribution < -0.4 is 9.57 Å². The molecule has 34 heavy (non-hydrogen) atoms. The molecule has 3 heterocycles. The van der Waals surface area contributed by atoms with Crippen molar-refractivity contribution in [3.63, 3.8) is 0 Å². The van der Waals surface area contributed by atoms with E-state index in [-0.39, 0.29) is 6.61 Å². The van der Waals surface area contributed by atoms with Crippen LogP contribution in [0.25, 0.3) is 22.3 Å². The second kappa shape index (κ2) is 9.87. The SMILES string of the molecule is COCCOc1ncnc2c1c(-c1cn(Cc3ccccc3)nn1)cn2OC(=O)OC(C)(C)C. The molecular formula is C23H26N6O5. The molecule has 0 aliphatic carbocycles. The molecule has 11 heteroatoms. The van der Waals surface area contributed by atoms with Crippen molar-refractivity contribution in [3.8, 4) is 17.1 Å². The third kappa shape index (κ3) is 5.49. The number of nitrogens with zero attached hydrogens (tertiary/aromatic N) is 6. The van der Waals surface area contributed by atoms with Gasteiger partial charge in [-0.15, -0.1) is 5.10 Å². The van der Waals surface area contributed by atoms with Crippen molar-refractivity contribution >= 4 is 17.2 Å². The van der Waals surface area contributed by atoms with Gasteiger partial charge in [0.2, 0.25) is 5.88 Å². The van der Waals surface area contributed by atoms with E-state index in [0.29, 0.717) is 41.3 Å². The molecule has 0 amide bonds. The van der Waals surface area contributed by atoms with Crippen LogP contribution in [0.5, 0.6) is 5.88 Å². The molecular weight excluding hydrogens is 440 g/mol. The summed E-state index contributed by atoms with van der Waals surface area (Å²) in [7, 11) is 1.58. The fourth-order valence-corrected chi connectivity index (χ4v) is 3.22. The second-order valence-electron chi connectivity index (χ2n) is 8.43. The maximum Gasteiger partial charge on any atom is 0.534 e. The monoisotopic (exact) mass is 466 g/mol. The van der Waals surface area contributed by atoms with Gasteiger partial charge in [0.15, 0.2) is 5.65 Å². The Hall–Kier alpha value is -3.99. The fourth-order valence-electron chi connectivity index (χ4n) is 3.22. The molecule has 3 aromatic heterocycles. The minimum absolute atomic E-state index is 0.279. The molecule has 0 atom stereocenters. The smallest absolute Gasteiger partial charge is 0.475 e. The lowest BCUT2D eigenvalue weighted by Crippen LogP contribution is -2.29. The molecule has 0 N–H and O–H groups in total. The number of carbonyl (C=O) groups is 1. The first-order valence-electron chi connectivity index (χ1n) is 10.7. The Morgan fingerprint density at radius 1 is 1.06 bits per heavy atom. The van der Waals surface area contributed by atoms with Crippen LogP contribution >= 0.6 is 0 Å². The van der Waals surface area contributed by atoms with E-state index in [2.05, 4.69) is 20.3 Å². The maximum atomic E-state index is 12.3. The van der Waals surface area contributed by atoms with Crippen LogP contribution in [-0.2, 0) is 16.0 Å². The third-order valence-electron chi connectivity index (χ3n) is 4.61. The van der Waals surface area contributed by atoms with E-state index in [4.69, 9.17) is 19.0 Å². The van der Waals surface area contributed by atoms with Gasteiger partial charge in [-0.05, 0) is 26.3 Å². The topological polar surface area (TPSA) is 115 Å². The number of hydrogen-bond acceptors (Lipinski definition) is 9. The summed E-state index contributed by atoms with van der Waals surface area (Å²) in [6.45, 7) is 6.46. The molecule has 0 saturated carbocycles. The average Bonchev–Trinajstić information content (AvgIpc) is 3.39. The van der Waals surface area contributed by atoms with E-state index in [1.807, 2.05) is 30.3 Å². The van der Waals surface area contributed by atoms with E-state index in [1.54, 1.807) is 45.0 Å². The summed E-state index contributed by atoms with van der Waals surface area (Å²) >= 11 is 0. The van der Waals surface area contributed by atoms with Gasteiger partial charge in [-0.3, -0.25) is 4.84 Å². The number of benzene rings is 1. The molecule has 4 aromatic rings. The summed E-state index contributed by atoms with van der Waals surface area (Å²) in [6.07, 6.45) is 3.84. The molecule has 0 saturated heterocycles. The summed E-state index contributed by atoms with van der Waals surface area (Å²) in [4.78, 5) is 26.3. The Bertz CT molecular complexity index is 1260. The predicted octanol–water partition coefficient (Wildman–Crippen LogP) is 3.13. The highest BCUT2D eigenvalue weighted by Gasteiger charge is 2.24. The number of carbonyl (C=O) groups excluding carboxylic acids is 1. The van der Waals surface area contributed by atoms with Gasteiger partial charge in [0.25, 0.3) is 0 Å². The quantitative estimate of drug-likeness (QED) is 0.285. The van der Waals surface area contributed by atoms with Crippen molar-refractivity contribution in [2.24, 2.45) is 0 Å². The fraction of sp³-hybridized carbons (Fsp3) is 0.348. The van der Waals surface area contributed by atoms with Crippen LogP contribution in [0.1, 0.15) is 26.3 Å². The lowest BCUT2D eigenvalue weighted by molar-refractivity contribution is -0.00896. The molecule has 0 unspecified atom stereocenters. The van der Waals surface area contributed by atoms with E-state index in [0.717, 1.165) is 5.56 Å². The standard InChI is InChI=1S/C23H26N6O5/c1-23(2,3)33-22(30)34-29-13-17(19-20(29)24-15-25-21(19)32-11-10-31-4)18-14-28(27-26-18)12-16-8-6-5-7-9-16/h5-9,13-15H,10-12H2,1-4H3. The molecule has 0 bridgehead atoms. The van der Waals surface area contributed by atoms with Gasteiger partial charge in [-0.1, -0.05) is 35.5 Å². The average molecular weight is 466 g/mol. The summed E-state index contributed by atoms with van der Waals surface area (Å²) < 4.78 is 19.1. The number of aromatic nitrogens is 6. The minimum atomic E-state index is -0.871. The zero-order valence-corrected chi connectivity index (χ0v) is 19.5. The van der Waals surface area contributed by atoms with E-state index >= 15 is 0 Å². The Kier molecular flexibility index (Phi) is 6.73. The van der Waals surface area contributed by atoms with Gasteiger partial charge in [0.1, 0.15) is 24.2 Å². The van der Waals surface area contributed by atoms with Gasteiger partial charge in [0.05, 0.1) is 30.9 Å². The molecule has 0 aliphatic heterocycles.